The van der Waals surface area contributed by atoms with E-state index in [0.29, 0.717) is 13.1 Å². The molecule has 1 amide bonds. The van der Waals surface area contributed by atoms with E-state index in [9.17, 15) is 9.90 Å². The summed E-state index contributed by atoms with van der Waals surface area (Å²) in [6.45, 7) is 6.97. The molecule has 0 aromatic heterocycles. The van der Waals surface area contributed by atoms with Crippen molar-refractivity contribution in [3.05, 3.63) is 35.4 Å². The maximum absolute atomic E-state index is 12.0. The molecular weight excluding hydrogens is 280 g/mol. The molecule has 2 aliphatic rings. The molecule has 3 rings (SSSR count). The quantitative estimate of drug-likeness (QED) is 0.831. The summed E-state index contributed by atoms with van der Waals surface area (Å²) in [5.74, 6) is 0. The number of β-amino-alcohol motifs (C(OH)–C–C–N with tert-alkyl or cyclic N) is 1. The van der Waals surface area contributed by atoms with E-state index in [2.05, 4.69) is 17.4 Å². The van der Waals surface area contributed by atoms with Gasteiger partial charge in [0.05, 0.1) is 19.1 Å². The highest BCUT2D eigenvalue weighted by atomic mass is 16.6. The van der Waals surface area contributed by atoms with Crippen molar-refractivity contribution in [2.24, 2.45) is 0 Å². The number of aliphatic hydroxyl groups is 1. The van der Waals surface area contributed by atoms with Crippen molar-refractivity contribution in [1.29, 1.82) is 0 Å². The Kier molecular flexibility index (Phi) is 3.65. The Morgan fingerprint density at radius 1 is 1.36 bits per heavy atom. The van der Waals surface area contributed by atoms with Gasteiger partial charge in [-0.1, -0.05) is 24.3 Å². The summed E-state index contributed by atoms with van der Waals surface area (Å²) in [7, 11) is 0. The molecule has 0 radical (unpaired) electrons. The van der Waals surface area contributed by atoms with Gasteiger partial charge < -0.3 is 20.1 Å². The number of likely N-dealkylation sites (tertiary alicyclic amines) is 1. The van der Waals surface area contributed by atoms with Crippen LogP contribution in [0, 0.1) is 0 Å². The van der Waals surface area contributed by atoms with E-state index >= 15 is 0 Å². The molecule has 1 atom stereocenters. The van der Waals surface area contributed by atoms with Crippen molar-refractivity contribution in [2.45, 2.75) is 44.4 Å². The highest BCUT2D eigenvalue weighted by molar-refractivity contribution is 5.70. The topological polar surface area (TPSA) is 61.8 Å². The van der Waals surface area contributed by atoms with Crippen LogP contribution in [0.5, 0.6) is 0 Å². The normalized spacial score (nSPS) is 23.5. The van der Waals surface area contributed by atoms with Gasteiger partial charge in [0.15, 0.2) is 0 Å². The van der Waals surface area contributed by atoms with E-state index < -0.39 is 11.2 Å². The Bertz CT molecular complexity index is 574. The fourth-order valence-corrected chi connectivity index (χ4v) is 3.24. The predicted octanol–water partition coefficient (Wildman–Crippen LogP) is 1.86. The van der Waals surface area contributed by atoms with Gasteiger partial charge in [-0.3, -0.25) is 0 Å². The van der Waals surface area contributed by atoms with E-state index in [1.807, 2.05) is 32.9 Å². The van der Waals surface area contributed by atoms with Crippen LogP contribution in [0.15, 0.2) is 24.3 Å². The number of nitrogens with zero attached hydrogens (tertiary/aromatic N) is 1. The zero-order chi connectivity index (χ0) is 16.0. The van der Waals surface area contributed by atoms with Crippen molar-refractivity contribution in [1.82, 2.24) is 10.2 Å². The Morgan fingerprint density at radius 2 is 2.05 bits per heavy atom. The highest BCUT2D eigenvalue weighted by Crippen LogP contribution is 2.38. The molecule has 1 aromatic rings. The molecule has 1 aromatic carbocycles. The zero-order valence-corrected chi connectivity index (χ0v) is 13.4. The first-order valence-corrected chi connectivity index (χ1v) is 7.80. The van der Waals surface area contributed by atoms with E-state index in [-0.39, 0.29) is 12.1 Å². The number of fused-ring (bicyclic) bond motifs is 1. The highest BCUT2D eigenvalue weighted by Gasteiger charge is 2.51. The van der Waals surface area contributed by atoms with Gasteiger partial charge in [0.25, 0.3) is 0 Å². The van der Waals surface area contributed by atoms with Gasteiger partial charge >= 0.3 is 6.09 Å². The minimum absolute atomic E-state index is 0.129. The van der Waals surface area contributed by atoms with Gasteiger partial charge in [0.1, 0.15) is 11.2 Å². The summed E-state index contributed by atoms with van der Waals surface area (Å²) in [5.41, 5.74) is 0.976. The molecule has 1 fully saturated rings. The lowest BCUT2D eigenvalue weighted by Crippen LogP contribution is -2.69. The first-order valence-electron chi connectivity index (χ1n) is 7.80. The number of carbonyl (C=O) groups excluding carboxylic acids is 1. The van der Waals surface area contributed by atoms with Gasteiger partial charge in [0, 0.05) is 0 Å². The molecule has 120 valence electrons. The van der Waals surface area contributed by atoms with Gasteiger partial charge in [-0.2, -0.15) is 0 Å². The lowest BCUT2D eigenvalue weighted by Gasteiger charge is -2.51. The summed E-state index contributed by atoms with van der Waals surface area (Å²) < 4.78 is 5.35. The second-order valence-corrected chi connectivity index (χ2v) is 7.28. The summed E-state index contributed by atoms with van der Waals surface area (Å²) in [6.07, 6.45) is 0.611. The van der Waals surface area contributed by atoms with Crippen molar-refractivity contribution in [2.75, 3.05) is 19.6 Å². The van der Waals surface area contributed by atoms with Gasteiger partial charge in [0.2, 0.25) is 0 Å². The van der Waals surface area contributed by atoms with Crippen LogP contribution in [0.25, 0.3) is 0 Å². The lowest BCUT2D eigenvalue weighted by molar-refractivity contribution is -0.120. The maximum Gasteiger partial charge on any atom is 0.410 e. The molecule has 2 aliphatic heterocycles. The van der Waals surface area contributed by atoms with Crippen LogP contribution in [0.4, 0.5) is 4.79 Å². The summed E-state index contributed by atoms with van der Waals surface area (Å²) in [5, 5.41) is 14.3. The molecule has 2 heterocycles. The first kappa shape index (κ1) is 15.3. The molecule has 5 heteroatoms. The summed E-state index contributed by atoms with van der Waals surface area (Å²) in [6, 6.07) is 8.05. The maximum atomic E-state index is 12.0. The average Bonchev–Trinajstić information content (AvgIpc) is 2.41. The first-order chi connectivity index (χ1) is 10.3. The van der Waals surface area contributed by atoms with E-state index in [1.165, 1.54) is 5.56 Å². The van der Waals surface area contributed by atoms with Gasteiger partial charge in [-0.25, -0.2) is 4.79 Å². The number of amides is 1. The fraction of sp³-hybridized carbons (Fsp3) is 0.588. The molecule has 1 saturated heterocycles. The number of rotatable bonds is 1. The number of hydrogen-bond donors (Lipinski definition) is 2. The number of nitrogens with one attached hydrogen (secondary N) is 1. The number of carbonyl (C=O) groups is 1. The van der Waals surface area contributed by atoms with E-state index in [0.717, 1.165) is 18.5 Å². The SMILES string of the molecule is CC(C)(C)OC(=O)N1CC(O)(C2NCCc3ccccc32)C1. The molecule has 5 nitrogen and oxygen atoms in total. The number of benzene rings is 1. The molecule has 0 spiro atoms. The van der Waals surface area contributed by atoms with E-state index in [4.69, 9.17) is 4.74 Å². The molecule has 2 N–H and O–H groups in total. The van der Waals surface area contributed by atoms with Crippen LogP contribution in [0.2, 0.25) is 0 Å². The van der Waals surface area contributed by atoms with E-state index in [1.54, 1.807) is 4.90 Å². The van der Waals surface area contributed by atoms with Crippen LogP contribution in [0.3, 0.4) is 0 Å². The second kappa shape index (κ2) is 5.25. The minimum Gasteiger partial charge on any atom is -0.444 e. The largest absolute Gasteiger partial charge is 0.444 e. The van der Waals surface area contributed by atoms with Crippen molar-refractivity contribution in [3.63, 3.8) is 0 Å². The van der Waals surface area contributed by atoms with Crippen LogP contribution in [-0.2, 0) is 11.2 Å². The van der Waals surface area contributed by atoms with Crippen LogP contribution in [0.1, 0.15) is 37.9 Å². The molecule has 0 aliphatic carbocycles. The molecule has 0 bridgehead atoms. The Labute approximate surface area is 131 Å². The zero-order valence-electron chi connectivity index (χ0n) is 13.4. The Balaban J connectivity index is 1.69. The van der Waals surface area contributed by atoms with Crippen LogP contribution >= 0.6 is 0 Å². The van der Waals surface area contributed by atoms with Crippen molar-refractivity contribution >= 4 is 6.09 Å². The average molecular weight is 304 g/mol. The minimum atomic E-state index is -0.923. The second-order valence-electron chi connectivity index (χ2n) is 7.28. The number of hydrogen-bond acceptors (Lipinski definition) is 4. The molecule has 0 saturated carbocycles. The Hall–Kier alpha value is -1.59. The Morgan fingerprint density at radius 3 is 2.73 bits per heavy atom. The van der Waals surface area contributed by atoms with Gasteiger partial charge in [-0.15, -0.1) is 0 Å². The smallest absolute Gasteiger partial charge is 0.410 e. The predicted molar refractivity (Wildman–Crippen MR) is 83.6 cm³/mol. The molecular formula is C17H24N2O3. The monoisotopic (exact) mass is 304 g/mol. The third-order valence-electron chi connectivity index (χ3n) is 4.23. The third kappa shape index (κ3) is 2.83. The molecule has 1 unspecified atom stereocenters. The van der Waals surface area contributed by atoms with Crippen LogP contribution in [-0.4, -0.2) is 46.9 Å². The van der Waals surface area contributed by atoms with Crippen molar-refractivity contribution in [3.8, 4) is 0 Å². The summed E-state index contributed by atoms with van der Waals surface area (Å²) >= 11 is 0. The summed E-state index contributed by atoms with van der Waals surface area (Å²) in [4.78, 5) is 13.6. The van der Waals surface area contributed by atoms with Crippen molar-refractivity contribution < 1.29 is 14.6 Å². The number of ether oxygens (including phenoxy) is 1. The fourth-order valence-electron chi connectivity index (χ4n) is 3.24. The standard InChI is InChI=1S/C17H24N2O3/c1-16(2,3)22-15(20)19-10-17(21,11-19)14-13-7-5-4-6-12(13)8-9-18-14/h4-7,14,18,21H,8-11H2,1-3H3. The van der Waals surface area contributed by atoms with Crippen LogP contribution < -0.4 is 5.32 Å². The molecule has 22 heavy (non-hydrogen) atoms. The third-order valence-corrected chi connectivity index (χ3v) is 4.23. The lowest BCUT2D eigenvalue weighted by atomic mass is 9.78. The van der Waals surface area contributed by atoms with Gasteiger partial charge in [-0.05, 0) is 44.9 Å².